The molecule has 25 heavy (non-hydrogen) atoms. The van der Waals surface area contributed by atoms with Gasteiger partial charge in [-0.05, 0) is 35.6 Å². The number of benzene rings is 1. The second kappa shape index (κ2) is 9.89. The number of ketones is 2. The summed E-state index contributed by atoms with van der Waals surface area (Å²) in [6, 6.07) is 11.3. The molecule has 1 N–H and O–H groups in total. The first kappa shape index (κ1) is 19.1. The molecule has 1 heterocycles. The second-order valence-corrected chi connectivity index (χ2v) is 6.88. The summed E-state index contributed by atoms with van der Waals surface area (Å²) in [5, 5.41) is 4.64. The first-order chi connectivity index (χ1) is 12.1. The zero-order valence-electron chi connectivity index (χ0n) is 14.4. The van der Waals surface area contributed by atoms with Crippen LogP contribution in [0.4, 0.5) is 5.69 Å². The van der Waals surface area contributed by atoms with E-state index in [1.807, 2.05) is 35.7 Å². The maximum Gasteiger partial charge on any atom is 0.224 e. The van der Waals surface area contributed by atoms with Gasteiger partial charge in [-0.2, -0.15) is 0 Å². The minimum Gasteiger partial charge on any atom is -0.326 e. The van der Waals surface area contributed by atoms with Crippen molar-refractivity contribution in [3.05, 3.63) is 52.2 Å². The third-order valence-electron chi connectivity index (χ3n) is 3.83. The van der Waals surface area contributed by atoms with Gasteiger partial charge >= 0.3 is 0 Å². The van der Waals surface area contributed by atoms with Crippen LogP contribution in [0, 0.1) is 0 Å². The van der Waals surface area contributed by atoms with Gasteiger partial charge in [0.05, 0.1) is 4.88 Å². The highest BCUT2D eigenvalue weighted by molar-refractivity contribution is 7.12. The van der Waals surface area contributed by atoms with Gasteiger partial charge in [0.15, 0.2) is 5.78 Å². The van der Waals surface area contributed by atoms with E-state index in [1.54, 1.807) is 6.07 Å². The number of carbonyl (C=O) groups excluding carboxylic acids is 3. The molecule has 0 saturated heterocycles. The molecule has 1 aromatic carbocycles. The van der Waals surface area contributed by atoms with E-state index < -0.39 is 0 Å². The van der Waals surface area contributed by atoms with E-state index in [0.29, 0.717) is 4.88 Å². The molecule has 2 aromatic rings. The first-order valence-electron chi connectivity index (χ1n) is 8.55. The Hall–Kier alpha value is -2.27. The van der Waals surface area contributed by atoms with Crippen LogP contribution in [-0.4, -0.2) is 17.5 Å². The number of carbonyl (C=O) groups is 3. The summed E-state index contributed by atoms with van der Waals surface area (Å²) >= 11 is 1.38. The summed E-state index contributed by atoms with van der Waals surface area (Å²) in [7, 11) is 0. The van der Waals surface area contributed by atoms with Crippen LogP contribution >= 0.6 is 11.3 Å². The largest absolute Gasteiger partial charge is 0.326 e. The molecule has 0 aliphatic carbocycles. The van der Waals surface area contributed by atoms with E-state index in [9.17, 15) is 14.4 Å². The highest BCUT2D eigenvalue weighted by atomic mass is 32.1. The van der Waals surface area contributed by atoms with Crippen LogP contribution in [0.15, 0.2) is 41.8 Å². The third-order valence-corrected chi connectivity index (χ3v) is 4.75. The Bertz CT molecular complexity index is 705. The third kappa shape index (κ3) is 6.63. The number of Topliss-reactive ketones (excluding diaryl/α,β-unsaturated/α-hetero) is 2. The maximum atomic E-state index is 11.9. The lowest BCUT2D eigenvalue weighted by atomic mass is 10.1. The molecule has 0 unspecified atom stereocenters. The van der Waals surface area contributed by atoms with Gasteiger partial charge in [0.1, 0.15) is 5.78 Å². The molecule has 1 amide bonds. The molecular weight excluding hydrogens is 334 g/mol. The number of anilines is 1. The van der Waals surface area contributed by atoms with Gasteiger partial charge in [0, 0.05) is 31.4 Å². The summed E-state index contributed by atoms with van der Waals surface area (Å²) in [6.45, 7) is 2.13. The van der Waals surface area contributed by atoms with Gasteiger partial charge in [-0.25, -0.2) is 0 Å². The fourth-order valence-electron chi connectivity index (χ4n) is 2.46. The Morgan fingerprint density at radius 2 is 1.68 bits per heavy atom. The van der Waals surface area contributed by atoms with Crippen molar-refractivity contribution in [2.75, 3.05) is 5.32 Å². The van der Waals surface area contributed by atoms with Gasteiger partial charge < -0.3 is 5.32 Å². The predicted octanol–water partition coefficient (Wildman–Crippen LogP) is 4.65. The van der Waals surface area contributed by atoms with Crippen molar-refractivity contribution in [1.29, 1.82) is 0 Å². The smallest absolute Gasteiger partial charge is 0.224 e. The lowest BCUT2D eigenvalue weighted by Crippen LogP contribution is -2.13. The van der Waals surface area contributed by atoms with Gasteiger partial charge in [-0.1, -0.05) is 31.5 Å². The molecule has 0 saturated carbocycles. The Morgan fingerprint density at radius 3 is 2.32 bits per heavy atom. The number of hydrogen-bond donors (Lipinski definition) is 1. The molecule has 0 spiro atoms. The molecule has 4 nitrogen and oxygen atoms in total. The van der Waals surface area contributed by atoms with Crippen molar-refractivity contribution in [3.63, 3.8) is 0 Å². The van der Waals surface area contributed by atoms with E-state index >= 15 is 0 Å². The van der Waals surface area contributed by atoms with Crippen molar-refractivity contribution in [2.45, 2.75) is 45.4 Å². The van der Waals surface area contributed by atoms with Crippen molar-refractivity contribution < 1.29 is 14.4 Å². The van der Waals surface area contributed by atoms with Gasteiger partial charge in [-0.15, -0.1) is 11.3 Å². The SMILES string of the molecule is CCCc1ccc(NC(=O)CCC(=O)CCC(=O)c2cccs2)cc1. The Kier molecular flexibility index (Phi) is 7.54. The van der Waals surface area contributed by atoms with E-state index in [2.05, 4.69) is 12.2 Å². The number of thiophene rings is 1. The molecular formula is C20H23NO3S. The van der Waals surface area contributed by atoms with Crippen LogP contribution < -0.4 is 5.32 Å². The maximum absolute atomic E-state index is 11.9. The standard InChI is InChI=1S/C20H23NO3S/c1-2-4-15-6-8-16(9-7-15)21-20(24)13-11-17(22)10-12-18(23)19-5-3-14-25-19/h3,5-9,14H,2,4,10-13H2,1H3,(H,21,24). The topological polar surface area (TPSA) is 63.2 Å². The molecule has 0 atom stereocenters. The van der Waals surface area contributed by atoms with E-state index in [-0.39, 0.29) is 43.2 Å². The predicted molar refractivity (Wildman–Crippen MR) is 101 cm³/mol. The number of amides is 1. The Morgan fingerprint density at radius 1 is 0.960 bits per heavy atom. The molecule has 2 rings (SSSR count). The van der Waals surface area contributed by atoms with Gasteiger partial charge in [-0.3, -0.25) is 14.4 Å². The summed E-state index contributed by atoms with van der Waals surface area (Å²) in [5.74, 6) is -0.250. The summed E-state index contributed by atoms with van der Waals surface area (Å²) in [4.78, 5) is 36.3. The molecule has 5 heteroatoms. The Balaban J connectivity index is 1.68. The van der Waals surface area contributed by atoms with Crippen LogP contribution in [0.5, 0.6) is 0 Å². The average Bonchev–Trinajstić information content (AvgIpc) is 3.14. The fraction of sp³-hybridized carbons (Fsp3) is 0.350. The highest BCUT2D eigenvalue weighted by Gasteiger charge is 2.12. The van der Waals surface area contributed by atoms with E-state index in [4.69, 9.17) is 0 Å². The van der Waals surface area contributed by atoms with Crippen molar-refractivity contribution >= 4 is 34.5 Å². The number of rotatable bonds is 10. The van der Waals surface area contributed by atoms with Gasteiger partial charge in [0.25, 0.3) is 0 Å². The van der Waals surface area contributed by atoms with Crippen LogP contribution in [-0.2, 0) is 16.0 Å². The molecule has 0 fully saturated rings. The zero-order chi connectivity index (χ0) is 18.1. The summed E-state index contributed by atoms with van der Waals surface area (Å²) in [5.41, 5.74) is 1.98. The lowest BCUT2D eigenvalue weighted by Gasteiger charge is -2.06. The second-order valence-electron chi connectivity index (χ2n) is 5.93. The lowest BCUT2D eigenvalue weighted by molar-refractivity contribution is -0.122. The molecule has 0 bridgehead atoms. The molecule has 0 aliphatic rings. The molecule has 0 aliphatic heterocycles. The monoisotopic (exact) mass is 357 g/mol. The first-order valence-corrected chi connectivity index (χ1v) is 9.43. The summed E-state index contributed by atoms with van der Waals surface area (Å²) in [6.07, 6.45) is 2.81. The number of nitrogens with one attached hydrogen (secondary N) is 1. The van der Waals surface area contributed by atoms with E-state index in [1.165, 1.54) is 16.9 Å². The summed E-state index contributed by atoms with van der Waals surface area (Å²) < 4.78 is 0. The number of aryl methyl sites for hydroxylation is 1. The molecule has 132 valence electrons. The highest BCUT2D eigenvalue weighted by Crippen LogP contribution is 2.14. The minimum atomic E-state index is -0.179. The quantitative estimate of drug-likeness (QED) is 0.630. The van der Waals surface area contributed by atoms with Crippen molar-refractivity contribution in [3.8, 4) is 0 Å². The normalized spacial score (nSPS) is 10.4. The van der Waals surface area contributed by atoms with E-state index in [0.717, 1.165) is 18.5 Å². The Labute approximate surface area is 152 Å². The van der Waals surface area contributed by atoms with Crippen LogP contribution in [0.3, 0.4) is 0 Å². The minimum absolute atomic E-state index is 0.0139. The molecule has 0 radical (unpaired) electrons. The van der Waals surface area contributed by atoms with Crippen LogP contribution in [0.1, 0.15) is 54.3 Å². The van der Waals surface area contributed by atoms with Crippen molar-refractivity contribution in [1.82, 2.24) is 0 Å². The molecule has 1 aromatic heterocycles. The number of hydrogen-bond acceptors (Lipinski definition) is 4. The van der Waals surface area contributed by atoms with Crippen LogP contribution in [0.25, 0.3) is 0 Å². The van der Waals surface area contributed by atoms with Crippen molar-refractivity contribution in [2.24, 2.45) is 0 Å². The zero-order valence-corrected chi connectivity index (χ0v) is 15.2. The van der Waals surface area contributed by atoms with Crippen LogP contribution in [0.2, 0.25) is 0 Å². The fourth-order valence-corrected chi connectivity index (χ4v) is 3.15. The van der Waals surface area contributed by atoms with Gasteiger partial charge in [0.2, 0.25) is 5.91 Å². The average molecular weight is 357 g/mol.